The summed E-state index contributed by atoms with van der Waals surface area (Å²) < 4.78 is 2.42. The van der Waals surface area contributed by atoms with Crippen LogP contribution < -0.4 is 5.32 Å². The smallest absolute Gasteiger partial charge is 0.150 e. The third-order valence-electron chi connectivity index (χ3n) is 4.92. The van der Waals surface area contributed by atoms with Crippen LogP contribution in [-0.2, 0) is 6.54 Å². The van der Waals surface area contributed by atoms with Crippen molar-refractivity contribution in [3.8, 4) is 0 Å². The van der Waals surface area contributed by atoms with Gasteiger partial charge in [0.15, 0.2) is 5.82 Å². The molecule has 2 heterocycles. The van der Waals surface area contributed by atoms with Crippen LogP contribution in [0.5, 0.6) is 0 Å². The zero-order valence-electron chi connectivity index (χ0n) is 12.9. The first-order chi connectivity index (χ1) is 9.77. The van der Waals surface area contributed by atoms with Crippen molar-refractivity contribution >= 4 is 0 Å². The van der Waals surface area contributed by atoms with E-state index >= 15 is 0 Å². The van der Waals surface area contributed by atoms with Crippen LogP contribution in [0.2, 0.25) is 0 Å². The predicted molar refractivity (Wildman–Crippen MR) is 80.7 cm³/mol. The summed E-state index contributed by atoms with van der Waals surface area (Å²) in [5.74, 6) is 3.66. The minimum atomic E-state index is 0.374. The van der Waals surface area contributed by atoms with Crippen molar-refractivity contribution in [1.29, 1.82) is 0 Å². The molecule has 1 unspecified atom stereocenters. The second-order valence-corrected chi connectivity index (χ2v) is 6.79. The molecular formula is C16H28N4. The van der Waals surface area contributed by atoms with Crippen LogP contribution >= 0.6 is 0 Å². The van der Waals surface area contributed by atoms with E-state index in [0.29, 0.717) is 17.9 Å². The highest BCUT2D eigenvalue weighted by Crippen LogP contribution is 2.32. The lowest BCUT2D eigenvalue weighted by Crippen LogP contribution is -2.37. The first-order valence-corrected chi connectivity index (χ1v) is 8.43. The van der Waals surface area contributed by atoms with Gasteiger partial charge in [-0.25, -0.2) is 0 Å². The number of nitrogens with zero attached hydrogens (tertiary/aromatic N) is 3. The molecule has 0 saturated heterocycles. The van der Waals surface area contributed by atoms with Gasteiger partial charge in [-0.1, -0.05) is 46.0 Å². The maximum atomic E-state index is 4.60. The van der Waals surface area contributed by atoms with Crippen molar-refractivity contribution in [2.45, 2.75) is 77.3 Å². The van der Waals surface area contributed by atoms with Crippen molar-refractivity contribution < 1.29 is 0 Å². The molecule has 1 aliphatic carbocycles. The van der Waals surface area contributed by atoms with Crippen molar-refractivity contribution in [1.82, 2.24) is 20.1 Å². The van der Waals surface area contributed by atoms with Crippen LogP contribution in [0.4, 0.5) is 0 Å². The van der Waals surface area contributed by atoms with Crippen molar-refractivity contribution in [3.63, 3.8) is 0 Å². The molecule has 1 aromatic rings. The van der Waals surface area contributed by atoms with Gasteiger partial charge >= 0.3 is 0 Å². The minimum absolute atomic E-state index is 0.374. The van der Waals surface area contributed by atoms with E-state index in [1.807, 2.05) is 0 Å². The summed E-state index contributed by atoms with van der Waals surface area (Å²) in [6.07, 6.45) is 9.54. The number of aromatic nitrogens is 3. The van der Waals surface area contributed by atoms with Gasteiger partial charge in [0.2, 0.25) is 0 Å². The fourth-order valence-electron chi connectivity index (χ4n) is 3.76. The fraction of sp³-hybridized carbons (Fsp3) is 0.875. The highest BCUT2D eigenvalue weighted by Gasteiger charge is 2.29. The van der Waals surface area contributed by atoms with Crippen LogP contribution in [-0.4, -0.2) is 21.3 Å². The Labute approximate surface area is 122 Å². The topological polar surface area (TPSA) is 42.7 Å². The van der Waals surface area contributed by atoms with Crippen LogP contribution in [0.3, 0.4) is 0 Å². The van der Waals surface area contributed by atoms with Crippen LogP contribution in [0.1, 0.15) is 82.4 Å². The number of hydrogen-bond donors (Lipinski definition) is 1. The average Bonchev–Trinajstić information content (AvgIpc) is 2.82. The van der Waals surface area contributed by atoms with Crippen LogP contribution in [0.15, 0.2) is 0 Å². The summed E-state index contributed by atoms with van der Waals surface area (Å²) in [7, 11) is 0. The number of nitrogens with one attached hydrogen (secondary N) is 1. The summed E-state index contributed by atoms with van der Waals surface area (Å²) >= 11 is 0. The molecule has 0 bridgehead atoms. The van der Waals surface area contributed by atoms with Crippen molar-refractivity contribution in [3.05, 3.63) is 11.6 Å². The summed E-state index contributed by atoms with van der Waals surface area (Å²) in [6, 6.07) is 0.374. The number of fused-ring (bicyclic) bond motifs is 1. The Bertz CT molecular complexity index is 430. The Morgan fingerprint density at radius 1 is 1.00 bits per heavy atom. The lowest BCUT2D eigenvalue weighted by atomic mass is 9.90. The summed E-state index contributed by atoms with van der Waals surface area (Å²) in [5.41, 5.74) is 0. The van der Waals surface area contributed by atoms with Crippen molar-refractivity contribution in [2.75, 3.05) is 6.54 Å². The summed E-state index contributed by atoms with van der Waals surface area (Å²) in [5, 5.41) is 12.7. The van der Waals surface area contributed by atoms with E-state index in [9.17, 15) is 0 Å². The molecule has 4 heteroatoms. The number of hydrogen-bond acceptors (Lipinski definition) is 3. The molecule has 1 aromatic heterocycles. The van der Waals surface area contributed by atoms with E-state index in [0.717, 1.165) is 13.1 Å². The molecule has 4 nitrogen and oxygen atoms in total. The maximum absolute atomic E-state index is 4.60. The average molecular weight is 276 g/mol. The van der Waals surface area contributed by atoms with E-state index in [4.69, 9.17) is 0 Å². The summed E-state index contributed by atoms with van der Waals surface area (Å²) in [4.78, 5) is 0. The molecule has 1 fully saturated rings. The van der Waals surface area contributed by atoms with Gasteiger partial charge in [0.1, 0.15) is 5.82 Å². The quantitative estimate of drug-likeness (QED) is 0.900. The third kappa shape index (κ3) is 2.76. The van der Waals surface area contributed by atoms with E-state index in [-0.39, 0.29) is 0 Å². The van der Waals surface area contributed by atoms with Gasteiger partial charge in [0, 0.05) is 19.0 Å². The molecule has 0 radical (unpaired) electrons. The van der Waals surface area contributed by atoms with Crippen molar-refractivity contribution in [2.24, 2.45) is 5.92 Å². The molecule has 1 saturated carbocycles. The molecule has 0 aromatic carbocycles. The zero-order valence-corrected chi connectivity index (χ0v) is 12.9. The molecule has 112 valence electrons. The molecule has 2 aliphatic rings. The molecule has 0 amide bonds. The highest BCUT2D eigenvalue weighted by atomic mass is 15.3. The van der Waals surface area contributed by atoms with Crippen LogP contribution in [0.25, 0.3) is 0 Å². The minimum Gasteiger partial charge on any atom is -0.312 e. The Hall–Kier alpha value is -0.900. The molecule has 20 heavy (non-hydrogen) atoms. The van der Waals surface area contributed by atoms with Crippen LogP contribution in [0, 0.1) is 5.92 Å². The standard InChI is InChI=1S/C16H28N4/c1-12(2)14-16-19-18-15(20(16)11-10-17-14)13-8-6-4-3-5-7-9-13/h12-14,17H,3-11H2,1-2H3. The fourth-order valence-corrected chi connectivity index (χ4v) is 3.76. The molecule has 0 spiro atoms. The Morgan fingerprint density at radius 2 is 1.65 bits per heavy atom. The second kappa shape index (κ2) is 6.25. The first-order valence-electron chi connectivity index (χ1n) is 8.43. The Morgan fingerprint density at radius 3 is 2.35 bits per heavy atom. The zero-order chi connectivity index (χ0) is 13.9. The normalized spacial score (nSPS) is 25.2. The molecular weight excluding hydrogens is 248 g/mol. The molecule has 1 aliphatic heterocycles. The lowest BCUT2D eigenvalue weighted by Gasteiger charge is -2.29. The second-order valence-electron chi connectivity index (χ2n) is 6.79. The predicted octanol–water partition coefficient (Wildman–Crippen LogP) is 3.41. The van der Waals surface area contributed by atoms with E-state index in [1.54, 1.807) is 0 Å². The molecule has 1 atom stereocenters. The van der Waals surface area contributed by atoms with E-state index in [2.05, 4.69) is 33.9 Å². The summed E-state index contributed by atoms with van der Waals surface area (Å²) in [6.45, 7) is 6.61. The molecule has 3 rings (SSSR count). The SMILES string of the molecule is CC(C)C1NCCn2c(C3CCCCCCC3)nnc21. The van der Waals surface area contributed by atoms with Gasteiger partial charge in [0.05, 0.1) is 6.04 Å². The van der Waals surface area contributed by atoms with Gasteiger partial charge in [-0.05, 0) is 18.8 Å². The van der Waals surface area contributed by atoms with Gasteiger partial charge in [-0.3, -0.25) is 0 Å². The molecule has 1 N–H and O–H groups in total. The van der Waals surface area contributed by atoms with Gasteiger partial charge in [-0.15, -0.1) is 10.2 Å². The van der Waals surface area contributed by atoms with Gasteiger partial charge in [0.25, 0.3) is 0 Å². The largest absolute Gasteiger partial charge is 0.312 e. The first kappa shape index (κ1) is 14.1. The van der Waals surface area contributed by atoms with Gasteiger partial charge in [-0.2, -0.15) is 0 Å². The monoisotopic (exact) mass is 276 g/mol. The third-order valence-corrected chi connectivity index (χ3v) is 4.92. The Balaban J connectivity index is 1.83. The van der Waals surface area contributed by atoms with E-state index in [1.165, 1.54) is 56.6 Å². The van der Waals surface area contributed by atoms with E-state index < -0.39 is 0 Å². The highest BCUT2D eigenvalue weighted by molar-refractivity contribution is 5.09. The Kier molecular flexibility index (Phi) is 4.39. The maximum Gasteiger partial charge on any atom is 0.150 e. The number of rotatable bonds is 2. The lowest BCUT2D eigenvalue weighted by molar-refractivity contribution is 0.328. The van der Waals surface area contributed by atoms with Gasteiger partial charge < -0.3 is 9.88 Å².